The number of hydrogen-bond acceptors (Lipinski definition) is 5. The molecule has 1 aliphatic rings. The number of carbonyl (C=O) groups excluding carboxylic acids is 2. The highest BCUT2D eigenvalue weighted by atomic mass is 35.5. The van der Waals surface area contributed by atoms with E-state index in [4.69, 9.17) is 20.8 Å². The predicted octanol–water partition coefficient (Wildman–Crippen LogP) is 6.11. The first-order valence-corrected chi connectivity index (χ1v) is 13.1. The molecule has 0 N–H and O–H groups in total. The van der Waals surface area contributed by atoms with Crippen LogP contribution in [0.4, 0.5) is 4.79 Å². The van der Waals surface area contributed by atoms with Gasteiger partial charge in [-0.05, 0) is 49.5 Å². The summed E-state index contributed by atoms with van der Waals surface area (Å²) >= 11 is 6.00. The Balaban J connectivity index is 2.46. The van der Waals surface area contributed by atoms with E-state index in [0.29, 0.717) is 27.3 Å². The Morgan fingerprint density at radius 3 is 2.03 bits per heavy atom. The number of carbonyl (C=O) groups is 2. The number of nitrogens with zero attached hydrogens (tertiary/aromatic N) is 2. The molecular weight excluding hydrogens is 420 g/mol. The number of rotatable bonds is 6. The molecular formula is C22H35ClN2O4Si. The van der Waals surface area contributed by atoms with Crippen LogP contribution < -0.4 is 0 Å². The molecule has 1 aromatic rings. The molecule has 2 heterocycles. The highest BCUT2D eigenvalue weighted by Gasteiger charge is 2.59. The lowest BCUT2D eigenvalue weighted by Gasteiger charge is -2.51. The van der Waals surface area contributed by atoms with E-state index in [1.54, 1.807) is 32.9 Å². The first-order chi connectivity index (χ1) is 13.7. The molecule has 0 aliphatic carbocycles. The number of halogens is 1. The standard InChI is InChI=1S/C22H35ClN2O4Si/c1-13(2)30(14(3)4,15(5)6)29-19-18(17-11-10-16(23)12-24-17)25(20(19)26)21(27)28-22(7,8)9/h10-15,18-19H,1-9H3/t18-,19+/m0/s1. The van der Waals surface area contributed by atoms with Crippen LogP contribution in [0.2, 0.25) is 21.6 Å². The van der Waals surface area contributed by atoms with E-state index >= 15 is 0 Å². The lowest BCUT2D eigenvalue weighted by Crippen LogP contribution is -2.66. The largest absolute Gasteiger partial charge is 0.443 e. The van der Waals surface area contributed by atoms with Gasteiger partial charge in [-0.25, -0.2) is 9.69 Å². The van der Waals surface area contributed by atoms with Gasteiger partial charge >= 0.3 is 6.09 Å². The van der Waals surface area contributed by atoms with Gasteiger partial charge in [0.15, 0.2) is 6.10 Å². The van der Waals surface area contributed by atoms with Crippen LogP contribution in [0.3, 0.4) is 0 Å². The summed E-state index contributed by atoms with van der Waals surface area (Å²) in [5, 5.41) is 0.487. The van der Waals surface area contributed by atoms with E-state index in [2.05, 4.69) is 46.5 Å². The molecule has 1 aromatic heterocycles. The Kier molecular flexibility index (Phi) is 7.42. The molecule has 0 saturated carbocycles. The van der Waals surface area contributed by atoms with E-state index in [1.165, 1.54) is 6.20 Å². The van der Waals surface area contributed by atoms with Gasteiger partial charge in [-0.1, -0.05) is 53.1 Å². The van der Waals surface area contributed by atoms with Crippen molar-refractivity contribution < 1.29 is 18.8 Å². The van der Waals surface area contributed by atoms with Gasteiger partial charge in [0.05, 0.1) is 10.7 Å². The zero-order valence-corrected chi connectivity index (χ0v) is 21.3. The molecule has 8 heteroatoms. The van der Waals surface area contributed by atoms with Gasteiger partial charge in [0.1, 0.15) is 11.6 Å². The van der Waals surface area contributed by atoms with Crippen LogP contribution in [-0.4, -0.2) is 41.9 Å². The van der Waals surface area contributed by atoms with Crippen LogP contribution in [-0.2, 0) is 14.0 Å². The van der Waals surface area contributed by atoms with Gasteiger partial charge in [-0.2, -0.15) is 0 Å². The molecule has 2 rings (SSSR count). The minimum atomic E-state index is -2.35. The van der Waals surface area contributed by atoms with Crippen molar-refractivity contribution in [1.29, 1.82) is 0 Å². The van der Waals surface area contributed by atoms with Gasteiger partial charge in [-0.3, -0.25) is 9.78 Å². The Labute approximate surface area is 186 Å². The highest BCUT2D eigenvalue weighted by molar-refractivity contribution is 6.77. The normalized spacial score (nSPS) is 20.2. The van der Waals surface area contributed by atoms with Crippen LogP contribution in [0.15, 0.2) is 18.3 Å². The van der Waals surface area contributed by atoms with Crippen molar-refractivity contribution in [2.45, 2.75) is 96.7 Å². The summed E-state index contributed by atoms with van der Waals surface area (Å²) in [6.07, 6.45) is 0.0762. The Morgan fingerprint density at radius 2 is 1.63 bits per heavy atom. The monoisotopic (exact) mass is 454 g/mol. The number of amides is 2. The maximum absolute atomic E-state index is 13.2. The lowest BCUT2D eigenvalue weighted by atomic mass is 9.95. The summed E-state index contributed by atoms with van der Waals surface area (Å²) < 4.78 is 12.2. The zero-order chi connectivity index (χ0) is 23.0. The van der Waals surface area contributed by atoms with Crippen molar-refractivity contribution in [3.8, 4) is 0 Å². The summed E-state index contributed by atoms with van der Waals surface area (Å²) in [5.74, 6) is -0.371. The van der Waals surface area contributed by atoms with Crippen molar-refractivity contribution in [3.05, 3.63) is 29.0 Å². The van der Waals surface area contributed by atoms with E-state index < -0.39 is 32.2 Å². The quantitative estimate of drug-likeness (QED) is 0.382. The van der Waals surface area contributed by atoms with Gasteiger partial charge in [-0.15, -0.1) is 0 Å². The predicted molar refractivity (Wildman–Crippen MR) is 121 cm³/mol. The Bertz CT molecular complexity index is 753. The number of aromatic nitrogens is 1. The number of ether oxygens (including phenoxy) is 1. The third kappa shape index (κ3) is 4.73. The van der Waals surface area contributed by atoms with Gasteiger partial charge in [0.2, 0.25) is 8.32 Å². The summed E-state index contributed by atoms with van der Waals surface area (Å²) in [7, 11) is -2.35. The van der Waals surface area contributed by atoms with Crippen LogP contribution in [0.25, 0.3) is 0 Å². The van der Waals surface area contributed by atoms with Crippen molar-refractivity contribution in [3.63, 3.8) is 0 Å². The molecule has 0 radical (unpaired) electrons. The summed E-state index contributed by atoms with van der Waals surface area (Å²) in [6, 6.07) is 2.80. The van der Waals surface area contributed by atoms with Crippen molar-refractivity contribution in [1.82, 2.24) is 9.88 Å². The van der Waals surface area contributed by atoms with E-state index in [9.17, 15) is 9.59 Å². The fourth-order valence-corrected chi connectivity index (χ4v) is 10.2. The number of β-lactam (4-membered cyclic amide) rings is 1. The van der Waals surface area contributed by atoms with Crippen molar-refractivity contribution in [2.75, 3.05) is 0 Å². The lowest BCUT2D eigenvalue weighted by molar-refractivity contribution is -0.163. The first kappa shape index (κ1) is 24.8. The third-order valence-corrected chi connectivity index (χ3v) is 12.0. The average Bonchev–Trinajstić information content (AvgIpc) is 2.58. The molecule has 0 unspecified atom stereocenters. The topological polar surface area (TPSA) is 68.7 Å². The summed E-state index contributed by atoms with van der Waals surface area (Å²) in [5.41, 5.74) is 0.765. The van der Waals surface area contributed by atoms with Crippen molar-refractivity contribution in [2.24, 2.45) is 0 Å². The molecule has 0 spiro atoms. The molecule has 2 atom stereocenters. The van der Waals surface area contributed by atoms with Crippen LogP contribution in [0.1, 0.15) is 74.0 Å². The molecule has 6 nitrogen and oxygen atoms in total. The molecule has 0 bridgehead atoms. The zero-order valence-electron chi connectivity index (χ0n) is 19.5. The van der Waals surface area contributed by atoms with Gasteiger partial charge < -0.3 is 9.16 Å². The molecule has 168 valence electrons. The SMILES string of the molecule is CC(C)[Si](O[C@H]1C(=O)N(C(=O)OC(C)(C)C)[C@H]1c1ccc(Cl)cn1)(C(C)C)C(C)C. The molecule has 0 aromatic carbocycles. The third-order valence-electron chi connectivity index (χ3n) is 5.73. The maximum atomic E-state index is 13.2. The summed E-state index contributed by atoms with van der Waals surface area (Å²) in [6.45, 7) is 18.3. The number of pyridine rings is 1. The second-order valence-corrected chi connectivity index (χ2v) is 15.7. The molecule has 1 aliphatic heterocycles. The van der Waals surface area contributed by atoms with Crippen LogP contribution >= 0.6 is 11.6 Å². The average molecular weight is 455 g/mol. The van der Waals surface area contributed by atoms with E-state index in [1.807, 2.05) is 0 Å². The first-order valence-electron chi connectivity index (χ1n) is 10.6. The molecule has 1 fully saturated rings. The number of imide groups is 1. The minimum absolute atomic E-state index is 0.305. The second-order valence-electron chi connectivity index (χ2n) is 9.89. The Morgan fingerprint density at radius 1 is 1.10 bits per heavy atom. The minimum Gasteiger partial charge on any atom is -0.443 e. The van der Waals surface area contributed by atoms with Crippen molar-refractivity contribution >= 4 is 31.9 Å². The van der Waals surface area contributed by atoms with Gasteiger partial charge in [0.25, 0.3) is 5.91 Å². The molecule has 1 saturated heterocycles. The van der Waals surface area contributed by atoms with Crippen LogP contribution in [0.5, 0.6) is 0 Å². The molecule has 2 amide bonds. The fraction of sp³-hybridized carbons (Fsp3) is 0.682. The molecule has 30 heavy (non-hydrogen) atoms. The highest BCUT2D eigenvalue weighted by Crippen LogP contribution is 2.47. The van der Waals surface area contributed by atoms with Crippen LogP contribution in [0, 0.1) is 0 Å². The second kappa shape index (κ2) is 8.97. The Hall–Kier alpha value is -1.44. The number of likely N-dealkylation sites (tertiary alicyclic amines) is 1. The summed E-state index contributed by atoms with van der Waals surface area (Å²) in [4.78, 5) is 31.5. The van der Waals surface area contributed by atoms with E-state index in [0.717, 1.165) is 4.90 Å². The maximum Gasteiger partial charge on any atom is 0.417 e. The van der Waals surface area contributed by atoms with E-state index in [-0.39, 0.29) is 5.91 Å². The fourth-order valence-electron chi connectivity index (χ4n) is 4.57. The number of hydrogen-bond donors (Lipinski definition) is 0. The van der Waals surface area contributed by atoms with Gasteiger partial charge in [0, 0.05) is 6.20 Å². The smallest absolute Gasteiger partial charge is 0.417 e.